The van der Waals surface area contributed by atoms with Crippen LogP contribution in [0.1, 0.15) is 17.3 Å². The van der Waals surface area contributed by atoms with E-state index in [1.165, 1.54) is 36.5 Å². The summed E-state index contributed by atoms with van der Waals surface area (Å²) in [5, 5.41) is 1.64. The summed E-state index contributed by atoms with van der Waals surface area (Å²) >= 11 is 4.60. The minimum Gasteiger partial charge on any atom is -0.478 e. The van der Waals surface area contributed by atoms with E-state index in [2.05, 4.69) is 26.8 Å². The first-order chi connectivity index (χ1) is 10.5. The van der Waals surface area contributed by atoms with Crippen molar-refractivity contribution in [3.63, 3.8) is 0 Å². The Morgan fingerprint density at radius 3 is 2.68 bits per heavy atom. The second-order valence-corrected chi connectivity index (χ2v) is 6.56. The molecule has 5 nitrogen and oxygen atoms in total. The van der Waals surface area contributed by atoms with Crippen molar-refractivity contribution in [2.45, 2.75) is 13.0 Å². The van der Waals surface area contributed by atoms with Crippen molar-refractivity contribution in [2.24, 2.45) is 0 Å². The van der Waals surface area contributed by atoms with Gasteiger partial charge in [0.2, 0.25) is 0 Å². The van der Waals surface area contributed by atoms with Gasteiger partial charge in [-0.3, -0.25) is 20.4 Å². The average molecular weight is 387 g/mol. The molecular formula is C14H12BrFN2O3S. The number of rotatable bonds is 4. The van der Waals surface area contributed by atoms with Crippen molar-refractivity contribution in [3.8, 4) is 5.75 Å². The molecule has 116 valence electrons. The zero-order valence-electron chi connectivity index (χ0n) is 11.4. The molecule has 0 spiro atoms. The molecule has 0 bridgehead atoms. The molecule has 0 radical (unpaired) electrons. The Bertz CT molecular complexity index is 692. The first-order valence-corrected chi connectivity index (χ1v) is 7.90. The summed E-state index contributed by atoms with van der Waals surface area (Å²) in [6.45, 7) is 1.45. The van der Waals surface area contributed by atoms with Crippen molar-refractivity contribution >= 4 is 39.1 Å². The first-order valence-electron chi connectivity index (χ1n) is 6.23. The second-order valence-electron chi connectivity index (χ2n) is 4.27. The van der Waals surface area contributed by atoms with Crippen LogP contribution >= 0.6 is 27.3 Å². The number of hydrazine groups is 1. The van der Waals surface area contributed by atoms with Gasteiger partial charge in [0.15, 0.2) is 17.7 Å². The molecule has 1 atom stereocenters. The zero-order chi connectivity index (χ0) is 16.1. The van der Waals surface area contributed by atoms with Gasteiger partial charge in [-0.1, -0.05) is 12.1 Å². The van der Waals surface area contributed by atoms with Crippen LogP contribution in [0.2, 0.25) is 0 Å². The maximum atomic E-state index is 13.4. The predicted octanol–water partition coefficient (Wildman–Crippen LogP) is 2.88. The Morgan fingerprint density at radius 1 is 1.32 bits per heavy atom. The van der Waals surface area contributed by atoms with E-state index in [-0.39, 0.29) is 5.75 Å². The third-order valence-corrected chi connectivity index (χ3v) is 4.14. The Kier molecular flexibility index (Phi) is 5.51. The van der Waals surface area contributed by atoms with E-state index in [4.69, 9.17) is 4.74 Å². The summed E-state index contributed by atoms with van der Waals surface area (Å²) < 4.78 is 19.4. The summed E-state index contributed by atoms with van der Waals surface area (Å²) in [4.78, 5) is 23.6. The van der Waals surface area contributed by atoms with Crippen LogP contribution in [0, 0.1) is 5.82 Å². The first kappa shape index (κ1) is 16.4. The molecule has 0 aliphatic carbocycles. The lowest BCUT2D eigenvalue weighted by Crippen LogP contribution is -2.47. The van der Waals surface area contributed by atoms with E-state index in [0.717, 1.165) is 3.79 Å². The molecule has 0 aliphatic rings. The third kappa shape index (κ3) is 4.28. The molecule has 8 heteroatoms. The molecule has 2 N–H and O–H groups in total. The molecule has 22 heavy (non-hydrogen) atoms. The fraction of sp³-hybridized carbons (Fsp3) is 0.143. The lowest BCUT2D eigenvalue weighted by molar-refractivity contribution is -0.128. The number of benzene rings is 1. The summed E-state index contributed by atoms with van der Waals surface area (Å²) in [5.74, 6) is -1.63. The summed E-state index contributed by atoms with van der Waals surface area (Å²) in [6, 6.07) is 7.40. The molecule has 2 amide bonds. The lowest BCUT2D eigenvalue weighted by atomic mass is 10.3. The van der Waals surface area contributed by atoms with Crippen LogP contribution in [0.3, 0.4) is 0 Å². The average Bonchev–Trinajstić information content (AvgIpc) is 2.93. The van der Waals surface area contributed by atoms with Crippen molar-refractivity contribution in [1.29, 1.82) is 0 Å². The highest BCUT2D eigenvalue weighted by molar-refractivity contribution is 9.11. The highest BCUT2D eigenvalue weighted by Crippen LogP contribution is 2.20. The number of carbonyl (C=O) groups is 2. The fourth-order valence-corrected chi connectivity index (χ4v) is 2.64. The zero-order valence-corrected chi connectivity index (χ0v) is 13.8. The maximum Gasteiger partial charge on any atom is 0.279 e. The Labute approximate surface area is 138 Å². The topological polar surface area (TPSA) is 67.4 Å². The van der Waals surface area contributed by atoms with Crippen molar-refractivity contribution < 1.29 is 18.7 Å². The number of amides is 2. The van der Waals surface area contributed by atoms with Gasteiger partial charge in [-0.05, 0) is 41.1 Å². The van der Waals surface area contributed by atoms with Gasteiger partial charge in [0.1, 0.15) is 0 Å². The third-order valence-electron chi connectivity index (χ3n) is 2.64. The monoisotopic (exact) mass is 386 g/mol. The number of para-hydroxylation sites is 1. The molecular weight excluding hydrogens is 375 g/mol. The Morgan fingerprint density at radius 2 is 2.05 bits per heavy atom. The summed E-state index contributed by atoms with van der Waals surface area (Å²) in [6.07, 6.45) is -0.966. The van der Waals surface area contributed by atoms with E-state index in [9.17, 15) is 14.0 Å². The standard InChI is InChI=1S/C14H12BrFN2O3S/c1-8(21-11-5-3-2-4-10(11)16)13(19)17-18-14(20)9-6-12(15)22-7-9/h2-8H,1H3,(H,17,19)(H,18,20). The largest absolute Gasteiger partial charge is 0.478 e. The number of thiophene rings is 1. The molecule has 1 heterocycles. The number of ether oxygens (including phenoxy) is 1. The van der Waals surface area contributed by atoms with Crippen LogP contribution in [0.4, 0.5) is 4.39 Å². The quantitative estimate of drug-likeness (QED) is 0.793. The molecule has 0 saturated carbocycles. The van der Waals surface area contributed by atoms with E-state index < -0.39 is 23.7 Å². The van der Waals surface area contributed by atoms with Crippen molar-refractivity contribution in [1.82, 2.24) is 10.9 Å². The summed E-state index contributed by atoms with van der Waals surface area (Å²) in [5.41, 5.74) is 4.92. The van der Waals surface area contributed by atoms with Gasteiger partial charge in [-0.2, -0.15) is 0 Å². The maximum absolute atomic E-state index is 13.4. The van der Waals surface area contributed by atoms with Gasteiger partial charge in [0.05, 0.1) is 9.35 Å². The molecule has 2 aromatic rings. The minimum absolute atomic E-state index is 0.0294. The van der Waals surface area contributed by atoms with Crippen molar-refractivity contribution in [2.75, 3.05) is 0 Å². The number of halogens is 2. The molecule has 1 aromatic carbocycles. The Hall–Kier alpha value is -1.93. The highest BCUT2D eigenvalue weighted by atomic mass is 79.9. The van der Waals surface area contributed by atoms with Gasteiger partial charge >= 0.3 is 0 Å². The Balaban J connectivity index is 1.86. The normalized spacial score (nSPS) is 11.6. The van der Waals surface area contributed by atoms with E-state index in [1.807, 2.05) is 0 Å². The fourth-order valence-electron chi connectivity index (χ4n) is 1.51. The molecule has 0 saturated heterocycles. The smallest absolute Gasteiger partial charge is 0.279 e. The molecule has 2 rings (SSSR count). The van der Waals surface area contributed by atoms with Gasteiger partial charge < -0.3 is 4.74 Å². The van der Waals surface area contributed by atoms with Crippen LogP contribution in [0.5, 0.6) is 5.75 Å². The van der Waals surface area contributed by atoms with Crippen LogP contribution < -0.4 is 15.6 Å². The number of carbonyl (C=O) groups excluding carboxylic acids is 2. The van der Waals surface area contributed by atoms with E-state index >= 15 is 0 Å². The SMILES string of the molecule is CC(Oc1ccccc1F)C(=O)NNC(=O)c1csc(Br)c1. The van der Waals surface area contributed by atoms with Gasteiger partial charge in [0, 0.05) is 5.38 Å². The van der Waals surface area contributed by atoms with E-state index in [1.54, 1.807) is 17.5 Å². The molecule has 1 unspecified atom stereocenters. The number of hydrogen-bond acceptors (Lipinski definition) is 4. The van der Waals surface area contributed by atoms with Crippen LogP contribution in [-0.4, -0.2) is 17.9 Å². The predicted molar refractivity (Wildman–Crippen MR) is 84.1 cm³/mol. The van der Waals surface area contributed by atoms with Crippen LogP contribution in [-0.2, 0) is 4.79 Å². The number of nitrogens with one attached hydrogen (secondary N) is 2. The van der Waals surface area contributed by atoms with E-state index in [0.29, 0.717) is 5.56 Å². The lowest BCUT2D eigenvalue weighted by Gasteiger charge is -2.15. The molecule has 0 fully saturated rings. The summed E-state index contributed by atoms with van der Waals surface area (Å²) in [7, 11) is 0. The highest BCUT2D eigenvalue weighted by Gasteiger charge is 2.17. The molecule has 1 aromatic heterocycles. The van der Waals surface area contributed by atoms with Crippen LogP contribution in [0.25, 0.3) is 0 Å². The van der Waals surface area contributed by atoms with Crippen LogP contribution in [0.15, 0.2) is 39.5 Å². The second kappa shape index (κ2) is 7.37. The minimum atomic E-state index is -0.966. The van der Waals surface area contributed by atoms with Crippen molar-refractivity contribution in [3.05, 3.63) is 50.9 Å². The molecule has 0 aliphatic heterocycles. The van der Waals surface area contributed by atoms with Gasteiger partial charge in [-0.15, -0.1) is 11.3 Å². The van der Waals surface area contributed by atoms with Gasteiger partial charge in [-0.25, -0.2) is 4.39 Å². The number of hydrogen-bond donors (Lipinski definition) is 2. The van der Waals surface area contributed by atoms with Gasteiger partial charge in [0.25, 0.3) is 11.8 Å².